The lowest BCUT2D eigenvalue weighted by molar-refractivity contribution is -0.138. The minimum Gasteiger partial charge on any atom is -0.489 e. The zero-order valence-electron chi connectivity index (χ0n) is 25.4. The quantitative estimate of drug-likeness (QED) is 0.172. The van der Waals surface area contributed by atoms with Crippen LogP contribution < -0.4 is 19.6 Å². The molecule has 0 amide bonds. The van der Waals surface area contributed by atoms with E-state index in [1.807, 2.05) is 72.8 Å². The van der Waals surface area contributed by atoms with Gasteiger partial charge in [0.2, 0.25) is 0 Å². The number of aromatic nitrogens is 1. The highest BCUT2D eigenvalue weighted by Crippen LogP contribution is 2.35. The smallest absolute Gasteiger partial charge is 0.338 e. The van der Waals surface area contributed by atoms with Crippen molar-refractivity contribution >= 4 is 39.9 Å². The van der Waals surface area contributed by atoms with Crippen LogP contribution in [0.5, 0.6) is 5.75 Å². The Kier molecular flexibility index (Phi) is 8.33. The molecule has 0 spiro atoms. The molecule has 6 nitrogen and oxygen atoms in total. The van der Waals surface area contributed by atoms with Crippen molar-refractivity contribution < 1.29 is 18.7 Å². The van der Waals surface area contributed by atoms with Gasteiger partial charge in [0, 0.05) is 5.56 Å². The number of halogens is 1. The van der Waals surface area contributed by atoms with Crippen molar-refractivity contribution in [3.05, 3.63) is 175 Å². The van der Waals surface area contributed by atoms with Gasteiger partial charge in [-0.05, 0) is 64.7 Å². The molecule has 0 fully saturated rings. The summed E-state index contributed by atoms with van der Waals surface area (Å²) in [5.74, 6) is -0.344. The number of fused-ring (bicyclic) bond motifs is 2. The van der Waals surface area contributed by atoms with Crippen LogP contribution in [0.3, 0.4) is 0 Å². The molecule has 0 N–H and O–H groups in total. The molecule has 0 saturated carbocycles. The summed E-state index contributed by atoms with van der Waals surface area (Å²) in [7, 11) is 0. The average Bonchev–Trinajstić information content (AvgIpc) is 3.41. The highest BCUT2D eigenvalue weighted by Gasteiger charge is 2.35. The lowest BCUT2D eigenvalue weighted by Gasteiger charge is -2.25. The van der Waals surface area contributed by atoms with E-state index in [2.05, 4.69) is 24.3 Å². The van der Waals surface area contributed by atoms with Crippen molar-refractivity contribution in [2.45, 2.75) is 19.6 Å². The van der Waals surface area contributed by atoms with Gasteiger partial charge in [-0.2, -0.15) is 0 Å². The third kappa shape index (κ3) is 6.03. The molecule has 7 rings (SSSR count). The predicted molar refractivity (Wildman–Crippen MR) is 182 cm³/mol. The number of carbonyl (C=O) groups is 1. The average molecular weight is 641 g/mol. The van der Waals surface area contributed by atoms with Crippen molar-refractivity contribution in [1.82, 2.24) is 4.57 Å². The first-order chi connectivity index (χ1) is 23.0. The van der Waals surface area contributed by atoms with E-state index in [9.17, 15) is 14.0 Å². The van der Waals surface area contributed by atoms with Gasteiger partial charge in [0.05, 0.1) is 28.5 Å². The number of carbonyl (C=O) groups excluding carboxylic acids is 1. The zero-order chi connectivity index (χ0) is 32.3. The van der Waals surface area contributed by atoms with E-state index in [1.165, 1.54) is 28.0 Å². The third-order valence-corrected chi connectivity index (χ3v) is 8.97. The Labute approximate surface area is 274 Å². The van der Waals surface area contributed by atoms with Crippen LogP contribution in [0.2, 0.25) is 0 Å². The molecule has 47 heavy (non-hydrogen) atoms. The Bertz CT molecular complexity index is 2320. The van der Waals surface area contributed by atoms with Crippen LogP contribution >= 0.6 is 11.3 Å². The van der Waals surface area contributed by atoms with Gasteiger partial charge in [0.25, 0.3) is 5.56 Å². The van der Waals surface area contributed by atoms with E-state index in [0.717, 1.165) is 21.9 Å². The van der Waals surface area contributed by atoms with Crippen molar-refractivity contribution in [2.24, 2.45) is 4.99 Å². The third-order valence-electron chi connectivity index (χ3n) is 7.99. The van der Waals surface area contributed by atoms with E-state index in [4.69, 9.17) is 14.5 Å². The Hall–Kier alpha value is -5.60. The first-order valence-electron chi connectivity index (χ1n) is 15.2. The van der Waals surface area contributed by atoms with Gasteiger partial charge in [-0.3, -0.25) is 9.36 Å². The Balaban J connectivity index is 1.32. The summed E-state index contributed by atoms with van der Waals surface area (Å²) in [6.45, 7) is 2.26. The maximum absolute atomic E-state index is 14.2. The van der Waals surface area contributed by atoms with Gasteiger partial charge < -0.3 is 9.47 Å². The molecule has 1 unspecified atom stereocenters. The monoisotopic (exact) mass is 640 g/mol. The normalized spacial score (nSPS) is 14.5. The van der Waals surface area contributed by atoms with E-state index >= 15 is 0 Å². The zero-order valence-corrected chi connectivity index (χ0v) is 26.2. The van der Waals surface area contributed by atoms with Crippen LogP contribution in [0.15, 0.2) is 137 Å². The Morgan fingerprint density at radius 3 is 2.47 bits per heavy atom. The summed E-state index contributed by atoms with van der Waals surface area (Å²) in [6.07, 6.45) is 1.80. The fraction of sp³-hybridized carbons (Fsp3) is 0.103. The molecular formula is C39H29FN2O4S. The standard InChI is InChI=1S/C39H29FN2O4S/c1-2-45-38(44)34-35(27-12-4-3-5-13-27)41-39-42(36(34)28-18-20-30(40)21-19-28)37(43)33(47-39)23-25-10-8-16-31(22-25)46-24-29-15-9-14-26-11-6-7-17-32(26)29/h3-23,36H,2,24H2,1H3. The fourth-order valence-corrected chi connectivity index (χ4v) is 6.83. The molecule has 2 heterocycles. The second-order valence-corrected chi connectivity index (χ2v) is 12.0. The number of rotatable bonds is 8. The van der Waals surface area contributed by atoms with Gasteiger partial charge >= 0.3 is 5.97 Å². The van der Waals surface area contributed by atoms with Gasteiger partial charge in [-0.1, -0.05) is 108 Å². The van der Waals surface area contributed by atoms with Crippen LogP contribution in [0.1, 0.15) is 35.2 Å². The molecule has 5 aromatic carbocycles. The van der Waals surface area contributed by atoms with Crippen LogP contribution in [0.25, 0.3) is 22.5 Å². The summed E-state index contributed by atoms with van der Waals surface area (Å²) < 4.78 is 27.7. The number of thiazole rings is 1. The first kappa shape index (κ1) is 30.1. The van der Waals surface area contributed by atoms with Crippen molar-refractivity contribution in [2.75, 3.05) is 6.61 Å². The number of hydrogen-bond acceptors (Lipinski definition) is 6. The molecule has 0 bridgehead atoms. The SMILES string of the molecule is CCOC(=O)C1=C(c2ccccc2)N=c2sc(=Cc3cccc(OCc4cccc5ccccc45)c3)c(=O)n2C1c1ccc(F)cc1. The molecule has 1 aliphatic heterocycles. The summed E-state index contributed by atoms with van der Waals surface area (Å²) in [6, 6.07) is 36.2. The Morgan fingerprint density at radius 2 is 1.66 bits per heavy atom. The number of benzene rings is 5. The highest BCUT2D eigenvalue weighted by atomic mass is 32.1. The maximum atomic E-state index is 14.2. The molecule has 0 radical (unpaired) electrons. The summed E-state index contributed by atoms with van der Waals surface area (Å²) in [4.78, 5) is 33.0. The minimum absolute atomic E-state index is 0.143. The van der Waals surface area contributed by atoms with E-state index in [-0.39, 0.29) is 17.7 Å². The number of hydrogen-bond donors (Lipinski definition) is 0. The number of esters is 1. The molecule has 1 aliphatic rings. The van der Waals surface area contributed by atoms with Crippen LogP contribution in [-0.4, -0.2) is 17.1 Å². The van der Waals surface area contributed by atoms with Crippen molar-refractivity contribution in [1.29, 1.82) is 0 Å². The Morgan fingerprint density at radius 1 is 0.915 bits per heavy atom. The lowest BCUT2D eigenvalue weighted by Crippen LogP contribution is -2.40. The highest BCUT2D eigenvalue weighted by molar-refractivity contribution is 7.07. The molecule has 0 saturated heterocycles. The number of ether oxygens (including phenoxy) is 2. The predicted octanol–water partition coefficient (Wildman–Crippen LogP) is 6.81. The minimum atomic E-state index is -0.876. The molecule has 6 aromatic rings. The topological polar surface area (TPSA) is 69.9 Å². The molecule has 232 valence electrons. The van der Waals surface area contributed by atoms with E-state index in [1.54, 1.807) is 25.1 Å². The fourth-order valence-electron chi connectivity index (χ4n) is 5.83. The second kappa shape index (κ2) is 13.0. The molecule has 0 aliphatic carbocycles. The van der Waals surface area contributed by atoms with Crippen LogP contribution in [-0.2, 0) is 16.1 Å². The summed E-state index contributed by atoms with van der Waals surface area (Å²) in [5.41, 5.74) is 3.43. The molecule has 1 atom stereocenters. The van der Waals surface area contributed by atoms with Crippen molar-refractivity contribution in [3.63, 3.8) is 0 Å². The van der Waals surface area contributed by atoms with Crippen LogP contribution in [0.4, 0.5) is 4.39 Å². The second-order valence-electron chi connectivity index (χ2n) is 11.0. The number of nitrogens with zero attached hydrogens (tertiary/aromatic N) is 2. The lowest BCUT2D eigenvalue weighted by atomic mass is 9.93. The van der Waals surface area contributed by atoms with Crippen molar-refractivity contribution in [3.8, 4) is 5.75 Å². The van der Waals surface area contributed by atoms with Gasteiger partial charge in [-0.15, -0.1) is 0 Å². The largest absolute Gasteiger partial charge is 0.489 e. The molecule has 8 heteroatoms. The molecular weight excluding hydrogens is 612 g/mol. The van der Waals surface area contributed by atoms with Gasteiger partial charge in [0.15, 0.2) is 4.80 Å². The summed E-state index contributed by atoms with van der Waals surface area (Å²) >= 11 is 1.23. The van der Waals surface area contributed by atoms with E-state index in [0.29, 0.717) is 38.5 Å². The van der Waals surface area contributed by atoms with Gasteiger partial charge in [0.1, 0.15) is 18.2 Å². The molecule has 1 aromatic heterocycles. The van der Waals surface area contributed by atoms with Gasteiger partial charge in [-0.25, -0.2) is 14.2 Å². The van der Waals surface area contributed by atoms with Crippen LogP contribution in [0, 0.1) is 5.82 Å². The first-order valence-corrected chi connectivity index (χ1v) is 16.1. The van der Waals surface area contributed by atoms with E-state index < -0.39 is 17.8 Å². The maximum Gasteiger partial charge on any atom is 0.338 e. The summed E-state index contributed by atoms with van der Waals surface area (Å²) in [5, 5.41) is 2.29.